The van der Waals surface area contributed by atoms with E-state index in [0.717, 1.165) is 11.3 Å². The average molecular weight is 347 g/mol. The molecule has 3 N–H and O–H groups in total. The van der Waals surface area contributed by atoms with E-state index in [0.29, 0.717) is 23.6 Å². The monoisotopic (exact) mass is 346 g/mol. The minimum atomic E-state index is -0.855. The zero-order valence-electron chi connectivity index (χ0n) is 13.0. The Kier molecular flexibility index (Phi) is 5.23. The van der Waals surface area contributed by atoms with E-state index in [9.17, 15) is 9.90 Å². The lowest BCUT2D eigenvalue weighted by Crippen LogP contribution is -2.41. The SMILES string of the molecule is O=C(NCC(O)c1ccccc1Cl)NC1CCOc2ccccc21. The molecule has 0 aromatic heterocycles. The molecule has 1 heterocycles. The van der Waals surface area contributed by atoms with Gasteiger partial charge >= 0.3 is 6.03 Å². The molecule has 0 radical (unpaired) electrons. The predicted octanol–water partition coefficient (Wildman–Crippen LogP) is 3.20. The van der Waals surface area contributed by atoms with E-state index in [2.05, 4.69) is 10.6 Å². The largest absolute Gasteiger partial charge is 0.493 e. The van der Waals surface area contributed by atoms with Crippen LogP contribution in [0.1, 0.15) is 29.7 Å². The number of para-hydroxylation sites is 1. The lowest BCUT2D eigenvalue weighted by molar-refractivity contribution is 0.171. The molecule has 2 aromatic carbocycles. The quantitative estimate of drug-likeness (QED) is 0.796. The summed E-state index contributed by atoms with van der Waals surface area (Å²) in [5, 5.41) is 16.3. The Hall–Kier alpha value is -2.24. The molecule has 1 aliphatic heterocycles. The number of ether oxygens (including phenoxy) is 1. The van der Waals surface area contributed by atoms with Crippen molar-refractivity contribution in [3.8, 4) is 5.75 Å². The van der Waals surface area contributed by atoms with Gasteiger partial charge in [-0.3, -0.25) is 0 Å². The number of hydrogen-bond acceptors (Lipinski definition) is 3. The molecule has 5 nitrogen and oxygen atoms in total. The predicted molar refractivity (Wildman–Crippen MR) is 92.2 cm³/mol. The first-order valence-corrected chi connectivity index (χ1v) is 8.21. The highest BCUT2D eigenvalue weighted by Gasteiger charge is 2.22. The minimum Gasteiger partial charge on any atom is -0.493 e. The minimum absolute atomic E-state index is 0.0838. The Labute approximate surface area is 145 Å². The first-order valence-electron chi connectivity index (χ1n) is 7.83. The molecule has 1 aliphatic rings. The van der Waals surface area contributed by atoms with E-state index >= 15 is 0 Å². The number of amides is 2. The van der Waals surface area contributed by atoms with Gasteiger partial charge in [0.25, 0.3) is 0 Å². The normalized spacial score (nSPS) is 17.3. The molecule has 0 saturated heterocycles. The van der Waals surface area contributed by atoms with Gasteiger partial charge in [-0.25, -0.2) is 4.79 Å². The van der Waals surface area contributed by atoms with Crippen LogP contribution in [-0.4, -0.2) is 24.3 Å². The topological polar surface area (TPSA) is 70.6 Å². The zero-order valence-corrected chi connectivity index (χ0v) is 13.8. The fourth-order valence-corrected chi connectivity index (χ4v) is 3.01. The van der Waals surface area contributed by atoms with Crippen LogP contribution in [0.5, 0.6) is 5.75 Å². The number of halogens is 1. The number of benzene rings is 2. The second kappa shape index (κ2) is 7.55. The summed E-state index contributed by atoms with van der Waals surface area (Å²) in [5.74, 6) is 0.796. The van der Waals surface area contributed by atoms with Gasteiger partial charge in [0, 0.05) is 29.1 Å². The molecule has 0 aliphatic carbocycles. The van der Waals surface area contributed by atoms with Crippen LogP contribution in [0.3, 0.4) is 0 Å². The van der Waals surface area contributed by atoms with Crippen molar-refractivity contribution in [3.63, 3.8) is 0 Å². The highest BCUT2D eigenvalue weighted by atomic mass is 35.5. The smallest absolute Gasteiger partial charge is 0.315 e. The molecule has 2 atom stereocenters. The maximum atomic E-state index is 12.1. The van der Waals surface area contributed by atoms with Crippen LogP contribution in [-0.2, 0) is 0 Å². The Morgan fingerprint density at radius 2 is 2.00 bits per heavy atom. The van der Waals surface area contributed by atoms with Crippen molar-refractivity contribution in [2.24, 2.45) is 0 Å². The number of urea groups is 1. The molecule has 0 fully saturated rings. The number of nitrogens with one attached hydrogen (secondary N) is 2. The summed E-state index contributed by atoms with van der Waals surface area (Å²) in [6.45, 7) is 0.643. The summed E-state index contributed by atoms with van der Waals surface area (Å²) < 4.78 is 5.58. The zero-order chi connectivity index (χ0) is 16.9. The van der Waals surface area contributed by atoms with Crippen molar-refractivity contribution >= 4 is 17.6 Å². The summed E-state index contributed by atoms with van der Waals surface area (Å²) in [6.07, 6.45) is -0.149. The molecule has 24 heavy (non-hydrogen) atoms. The molecule has 0 spiro atoms. The first-order chi connectivity index (χ1) is 11.6. The summed E-state index contributed by atoms with van der Waals surface area (Å²) in [7, 11) is 0. The number of aliphatic hydroxyl groups is 1. The first kappa shape index (κ1) is 16.6. The van der Waals surface area contributed by atoms with Gasteiger partial charge in [-0.15, -0.1) is 0 Å². The van der Waals surface area contributed by atoms with Gasteiger partial charge in [-0.2, -0.15) is 0 Å². The third-order valence-corrected chi connectivity index (χ3v) is 4.33. The van der Waals surface area contributed by atoms with Gasteiger partial charge in [0.2, 0.25) is 0 Å². The van der Waals surface area contributed by atoms with Crippen LogP contribution in [0.15, 0.2) is 48.5 Å². The van der Waals surface area contributed by atoms with Crippen molar-refractivity contribution in [3.05, 3.63) is 64.7 Å². The fourth-order valence-electron chi connectivity index (χ4n) is 2.75. The molecule has 2 amide bonds. The maximum absolute atomic E-state index is 12.1. The average Bonchev–Trinajstić information content (AvgIpc) is 2.60. The number of rotatable bonds is 4. The summed E-state index contributed by atoms with van der Waals surface area (Å²) >= 11 is 6.04. The number of fused-ring (bicyclic) bond motifs is 1. The van der Waals surface area contributed by atoms with Crippen molar-refractivity contribution in [1.82, 2.24) is 10.6 Å². The third-order valence-electron chi connectivity index (χ3n) is 3.98. The Morgan fingerprint density at radius 1 is 1.25 bits per heavy atom. The fraction of sp³-hybridized carbons (Fsp3) is 0.278. The molecule has 0 bridgehead atoms. The van der Waals surface area contributed by atoms with E-state index in [1.807, 2.05) is 24.3 Å². The molecule has 6 heteroatoms. The number of carbonyl (C=O) groups excluding carboxylic acids is 1. The Bertz CT molecular complexity index is 723. The number of hydrogen-bond donors (Lipinski definition) is 3. The van der Waals surface area contributed by atoms with Crippen molar-refractivity contribution in [2.45, 2.75) is 18.6 Å². The molecular formula is C18H19ClN2O3. The highest BCUT2D eigenvalue weighted by Crippen LogP contribution is 2.31. The van der Waals surface area contributed by atoms with Crippen molar-refractivity contribution < 1.29 is 14.6 Å². The standard InChI is InChI=1S/C18H19ClN2O3/c19-14-7-3-1-5-12(14)16(22)11-20-18(23)21-15-9-10-24-17-8-4-2-6-13(15)17/h1-8,15-16,22H,9-11H2,(H2,20,21,23). The van der Waals surface area contributed by atoms with Crippen LogP contribution in [0, 0.1) is 0 Å². The van der Waals surface area contributed by atoms with Crippen LogP contribution in [0.4, 0.5) is 4.79 Å². The Morgan fingerprint density at radius 3 is 2.83 bits per heavy atom. The van der Waals surface area contributed by atoms with Crippen LogP contribution >= 0.6 is 11.6 Å². The van der Waals surface area contributed by atoms with Gasteiger partial charge in [0.1, 0.15) is 5.75 Å². The van der Waals surface area contributed by atoms with Gasteiger partial charge in [-0.05, 0) is 12.1 Å². The second-order valence-electron chi connectivity index (χ2n) is 5.62. The van der Waals surface area contributed by atoms with Crippen molar-refractivity contribution in [1.29, 1.82) is 0 Å². The van der Waals surface area contributed by atoms with Crippen molar-refractivity contribution in [2.75, 3.05) is 13.2 Å². The summed E-state index contributed by atoms with van der Waals surface area (Å²) in [4.78, 5) is 12.1. The van der Waals surface area contributed by atoms with E-state index in [1.54, 1.807) is 24.3 Å². The van der Waals surface area contributed by atoms with E-state index < -0.39 is 6.10 Å². The van der Waals surface area contributed by atoms with Gasteiger partial charge in [0.15, 0.2) is 0 Å². The van der Waals surface area contributed by atoms with Crippen LogP contribution in [0.25, 0.3) is 0 Å². The second-order valence-corrected chi connectivity index (χ2v) is 6.03. The van der Waals surface area contributed by atoms with Gasteiger partial charge < -0.3 is 20.5 Å². The molecule has 2 aromatic rings. The van der Waals surface area contributed by atoms with E-state index in [4.69, 9.17) is 16.3 Å². The van der Waals surface area contributed by atoms with Crippen LogP contribution in [0.2, 0.25) is 5.02 Å². The molecule has 0 saturated carbocycles. The highest BCUT2D eigenvalue weighted by molar-refractivity contribution is 6.31. The number of aliphatic hydroxyl groups excluding tert-OH is 1. The van der Waals surface area contributed by atoms with Gasteiger partial charge in [0.05, 0.1) is 18.8 Å². The lowest BCUT2D eigenvalue weighted by Gasteiger charge is -2.26. The van der Waals surface area contributed by atoms with E-state index in [-0.39, 0.29) is 18.6 Å². The molecule has 3 rings (SSSR count). The molecule has 2 unspecified atom stereocenters. The molecular weight excluding hydrogens is 328 g/mol. The van der Waals surface area contributed by atoms with E-state index in [1.165, 1.54) is 0 Å². The maximum Gasteiger partial charge on any atom is 0.315 e. The summed E-state index contributed by atoms with van der Waals surface area (Å²) in [6, 6.07) is 14.3. The van der Waals surface area contributed by atoms with Crippen LogP contribution < -0.4 is 15.4 Å². The third kappa shape index (κ3) is 3.80. The molecule has 126 valence electrons. The van der Waals surface area contributed by atoms with Gasteiger partial charge in [-0.1, -0.05) is 48.0 Å². The Balaban J connectivity index is 1.56. The number of carbonyl (C=O) groups is 1. The summed E-state index contributed by atoms with van der Waals surface area (Å²) in [5.41, 5.74) is 1.56. The lowest BCUT2D eigenvalue weighted by atomic mass is 10.0.